The van der Waals surface area contributed by atoms with Crippen molar-refractivity contribution in [1.82, 2.24) is 5.32 Å². The molecule has 1 N–H and O–H groups in total. The maximum absolute atomic E-state index is 12.7. The van der Waals surface area contributed by atoms with E-state index in [-0.39, 0.29) is 5.82 Å². The van der Waals surface area contributed by atoms with E-state index in [0.717, 1.165) is 22.1 Å². The van der Waals surface area contributed by atoms with Crippen LogP contribution in [-0.2, 0) is 13.1 Å². The number of benzene rings is 2. The number of nitrogens with one attached hydrogen (secondary N) is 1. The predicted octanol–water partition coefficient (Wildman–Crippen LogP) is 4.53. The molecule has 94 valence electrons. The van der Waals surface area contributed by atoms with Crippen LogP contribution in [-0.4, -0.2) is 0 Å². The highest BCUT2D eigenvalue weighted by Gasteiger charge is 1.99. The average Bonchev–Trinajstić information content (AvgIpc) is 2.36. The lowest BCUT2D eigenvalue weighted by molar-refractivity contribution is 0.625. The molecule has 2 rings (SSSR count). The van der Waals surface area contributed by atoms with Crippen LogP contribution in [0.25, 0.3) is 0 Å². The number of hydrogen-bond donors (Lipinski definition) is 1. The van der Waals surface area contributed by atoms with Gasteiger partial charge in [-0.05, 0) is 51.3 Å². The fraction of sp³-hybridized carbons (Fsp3) is 0.143. The van der Waals surface area contributed by atoms with E-state index < -0.39 is 0 Å². The second-order valence-electron chi connectivity index (χ2n) is 3.98. The van der Waals surface area contributed by atoms with Gasteiger partial charge >= 0.3 is 0 Å². The van der Waals surface area contributed by atoms with Gasteiger partial charge in [-0.3, -0.25) is 0 Å². The minimum absolute atomic E-state index is 0.210. The lowest BCUT2D eigenvalue weighted by Gasteiger charge is -2.06. The van der Waals surface area contributed by atoms with Crippen molar-refractivity contribution in [1.29, 1.82) is 0 Å². The lowest BCUT2D eigenvalue weighted by Crippen LogP contribution is -2.12. The van der Waals surface area contributed by atoms with Crippen LogP contribution in [0, 0.1) is 5.82 Å². The molecule has 0 fully saturated rings. The molecule has 0 aliphatic carbocycles. The highest BCUT2D eigenvalue weighted by atomic mass is 79.9. The molecule has 0 heterocycles. The third kappa shape index (κ3) is 3.80. The summed E-state index contributed by atoms with van der Waals surface area (Å²) in [7, 11) is 0. The summed E-state index contributed by atoms with van der Waals surface area (Å²) >= 11 is 9.36. The number of rotatable bonds is 4. The number of halogens is 3. The Morgan fingerprint density at radius 1 is 1.00 bits per heavy atom. The van der Waals surface area contributed by atoms with E-state index in [9.17, 15) is 4.39 Å². The van der Waals surface area contributed by atoms with Gasteiger partial charge in [-0.2, -0.15) is 0 Å². The van der Waals surface area contributed by atoms with Crippen LogP contribution >= 0.6 is 27.5 Å². The first-order valence-corrected chi connectivity index (χ1v) is 6.71. The average molecular weight is 329 g/mol. The summed E-state index contributed by atoms with van der Waals surface area (Å²) in [4.78, 5) is 0. The van der Waals surface area contributed by atoms with Crippen molar-refractivity contribution < 1.29 is 4.39 Å². The van der Waals surface area contributed by atoms with Gasteiger partial charge in [0.25, 0.3) is 0 Å². The van der Waals surface area contributed by atoms with Crippen molar-refractivity contribution >= 4 is 27.5 Å². The zero-order chi connectivity index (χ0) is 13.0. The van der Waals surface area contributed by atoms with Crippen LogP contribution in [0.15, 0.2) is 46.9 Å². The first-order valence-electron chi connectivity index (χ1n) is 5.54. The molecule has 0 amide bonds. The Hall–Kier alpha value is -0.900. The molecule has 0 saturated carbocycles. The Bertz CT molecular complexity index is 528. The van der Waals surface area contributed by atoms with Crippen molar-refractivity contribution in [3.05, 3.63) is 68.9 Å². The molecule has 0 bridgehead atoms. The Labute approximate surface area is 119 Å². The Balaban J connectivity index is 1.88. The molecule has 0 spiro atoms. The normalized spacial score (nSPS) is 10.6. The minimum Gasteiger partial charge on any atom is -0.309 e. The van der Waals surface area contributed by atoms with Crippen LogP contribution in [0.4, 0.5) is 4.39 Å². The van der Waals surface area contributed by atoms with E-state index in [1.165, 1.54) is 12.1 Å². The van der Waals surface area contributed by atoms with Crippen molar-refractivity contribution in [2.45, 2.75) is 13.1 Å². The van der Waals surface area contributed by atoms with Crippen molar-refractivity contribution in [2.24, 2.45) is 0 Å². The van der Waals surface area contributed by atoms with E-state index in [1.54, 1.807) is 12.1 Å². The summed E-state index contributed by atoms with van der Waals surface area (Å²) in [5.74, 6) is -0.210. The van der Waals surface area contributed by atoms with Crippen molar-refractivity contribution in [2.75, 3.05) is 0 Å². The zero-order valence-corrected chi connectivity index (χ0v) is 11.9. The van der Waals surface area contributed by atoms with Gasteiger partial charge in [-0.25, -0.2) is 4.39 Å². The molecule has 0 radical (unpaired) electrons. The molecule has 0 aliphatic heterocycles. The first kappa shape index (κ1) is 13.5. The highest BCUT2D eigenvalue weighted by molar-refractivity contribution is 9.10. The largest absolute Gasteiger partial charge is 0.309 e. The van der Waals surface area contributed by atoms with Crippen LogP contribution < -0.4 is 5.32 Å². The van der Waals surface area contributed by atoms with Crippen molar-refractivity contribution in [3.8, 4) is 0 Å². The van der Waals surface area contributed by atoms with Gasteiger partial charge in [0.2, 0.25) is 0 Å². The quantitative estimate of drug-likeness (QED) is 0.869. The minimum atomic E-state index is -0.210. The molecule has 4 heteroatoms. The van der Waals surface area contributed by atoms with Gasteiger partial charge in [0, 0.05) is 17.6 Å². The molecule has 0 aromatic heterocycles. The second kappa shape index (κ2) is 6.32. The zero-order valence-electron chi connectivity index (χ0n) is 9.59. The van der Waals surface area contributed by atoms with Gasteiger partial charge in [-0.1, -0.05) is 29.8 Å². The smallest absolute Gasteiger partial charge is 0.123 e. The van der Waals surface area contributed by atoms with E-state index >= 15 is 0 Å². The topological polar surface area (TPSA) is 12.0 Å². The fourth-order valence-electron chi connectivity index (χ4n) is 1.60. The summed E-state index contributed by atoms with van der Waals surface area (Å²) in [5, 5.41) is 3.99. The summed E-state index contributed by atoms with van der Waals surface area (Å²) in [6.07, 6.45) is 0. The predicted molar refractivity (Wildman–Crippen MR) is 76.1 cm³/mol. The summed E-state index contributed by atoms with van der Waals surface area (Å²) in [5.41, 5.74) is 2.17. The molecule has 0 atom stereocenters. The highest BCUT2D eigenvalue weighted by Crippen LogP contribution is 2.23. The van der Waals surface area contributed by atoms with Gasteiger partial charge in [0.15, 0.2) is 0 Å². The Morgan fingerprint density at radius 3 is 2.28 bits per heavy atom. The molecule has 1 nitrogen and oxygen atoms in total. The molecule has 0 aliphatic rings. The third-order valence-electron chi connectivity index (χ3n) is 2.56. The number of hydrogen-bond acceptors (Lipinski definition) is 1. The maximum Gasteiger partial charge on any atom is 0.123 e. The standard InChI is InChI=1S/C14H12BrClFN/c15-13-6-3-11(7-14(13)16)9-18-8-10-1-4-12(17)5-2-10/h1-7,18H,8-9H2. The second-order valence-corrected chi connectivity index (χ2v) is 5.24. The summed E-state index contributed by atoms with van der Waals surface area (Å²) in [6.45, 7) is 1.43. The van der Waals surface area contributed by atoms with E-state index in [1.807, 2.05) is 18.2 Å². The van der Waals surface area contributed by atoms with E-state index in [0.29, 0.717) is 11.6 Å². The molecule has 2 aromatic carbocycles. The van der Waals surface area contributed by atoms with Crippen LogP contribution in [0.2, 0.25) is 5.02 Å². The van der Waals surface area contributed by atoms with Gasteiger partial charge in [0.05, 0.1) is 5.02 Å². The Kier molecular flexibility index (Phi) is 4.75. The molecule has 0 unspecified atom stereocenters. The van der Waals surface area contributed by atoms with Crippen LogP contribution in [0.3, 0.4) is 0 Å². The fourth-order valence-corrected chi connectivity index (χ4v) is 2.05. The Morgan fingerprint density at radius 2 is 1.61 bits per heavy atom. The monoisotopic (exact) mass is 327 g/mol. The molecular weight excluding hydrogens is 317 g/mol. The third-order valence-corrected chi connectivity index (χ3v) is 3.79. The van der Waals surface area contributed by atoms with Gasteiger partial charge in [0.1, 0.15) is 5.82 Å². The SMILES string of the molecule is Fc1ccc(CNCc2ccc(Br)c(Cl)c2)cc1. The van der Waals surface area contributed by atoms with E-state index in [2.05, 4.69) is 21.2 Å². The van der Waals surface area contributed by atoms with Crippen LogP contribution in [0.5, 0.6) is 0 Å². The molecule has 18 heavy (non-hydrogen) atoms. The van der Waals surface area contributed by atoms with Crippen molar-refractivity contribution in [3.63, 3.8) is 0 Å². The van der Waals surface area contributed by atoms with Gasteiger partial charge < -0.3 is 5.32 Å². The van der Waals surface area contributed by atoms with Gasteiger partial charge in [-0.15, -0.1) is 0 Å². The molecule has 0 saturated heterocycles. The molecular formula is C14H12BrClFN. The first-order chi connectivity index (χ1) is 8.65. The van der Waals surface area contributed by atoms with E-state index in [4.69, 9.17) is 11.6 Å². The van der Waals surface area contributed by atoms with Crippen LogP contribution in [0.1, 0.15) is 11.1 Å². The lowest BCUT2D eigenvalue weighted by atomic mass is 10.2. The summed E-state index contributed by atoms with van der Waals surface area (Å²) < 4.78 is 13.6. The molecule has 2 aromatic rings. The maximum atomic E-state index is 12.7. The summed E-state index contributed by atoms with van der Waals surface area (Å²) in [6, 6.07) is 12.3.